The molecule has 7 heteroatoms. The largest absolute Gasteiger partial charge is 0.495 e. The Hall–Kier alpha value is -2.64. The van der Waals surface area contributed by atoms with Crippen molar-refractivity contribution in [2.45, 2.75) is 24.4 Å². The van der Waals surface area contributed by atoms with Gasteiger partial charge >= 0.3 is 6.03 Å². The molecule has 1 aromatic heterocycles. The minimum atomic E-state index is -0.185. The third-order valence-corrected chi connectivity index (χ3v) is 5.50. The first-order valence-electron chi connectivity index (χ1n) is 9.67. The molecule has 0 bridgehead atoms. The number of rotatable bonds is 5. The van der Waals surface area contributed by atoms with Crippen molar-refractivity contribution in [2.24, 2.45) is 0 Å². The van der Waals surface area contributed by atoms with Crippen molar-refractivity contribution in [3.63, 3.8) is 0 Å². The van der Waals surface area contributed by atoms with Crippen molar-refractivity contribution >= 4 is 11.7 Å². The summed E-state index contributed by atoms with van der Waals surface area (Å²) in [6.45, 7) is 3.37. The van der Waals surface area contributed by atoms with Crippen molar-refractivity contribution in [3.8, 4) is 5.75 Å². The van der Waals surface area contributed by atoms with E-state index in [2.05, 4.69) is 20.5 Å². The number of para-hydroxylation sites is 1. The predicted octanol–water partition coefficient (Wildman–Crippen LogP) is 2.47. The Kier molecular flexibility index (Phi) is 5.73. The van der Waals surface area contributed by atoms with Gasteiger partial charge < -0.3 is 20.1 Å². The summed E-state index contributed by atoms with van der Waals surface area (Å²) in [5.41, 5.74) is 1.75. The van der Waals surface area contributed by atoms with E-state index in [0.29, 0.717) is 6.04 Å². The van der Waals surface area contributed by atoms with Gasteiger partial charge in [0.2, 0.25) is 0 Å². The molecule has 0 spiro atoms. The third kappa shape index (κ3) is 4.26. The molecular weight excluding hydrogens is 356 g/mol. The first kappa shape index (κ1) is 18.7. The molecule has 3 heterocycles. The zero-order chi connectivity index (χ0) is 19.3. The lowest BCUT2D eigenvalue weighted by Gasteiger charge is -2.44. The number of carbonyl (C=O) groups excluding carboxylic acids is 1. The normalized spacial score (nSPS) is 22.9. The van der Waals surface area contributed by atoms with Crippen LogP contribution < -0.4 is 15.4 Å². The zero-order valence-corrected chi connectivity index (χ0v) is 16.0. The number of urea groups is 1. The van der Waals surface area contributed by atoms with Crippen LogP contribution in [0.1, 0.15) is 18.0 Å². The Morgan fingerprint density at radius 2 is 2.04 bits per heavy atom. The molecule has 2 aliphatic heterocycles. The van der Waals surface area contributed by atoms with Gasteiger partial charge in [-0.2, -0.15) is 0 Å². The van der Waals surface area contributed by atoms with Gasteiger partial charge in [0.25, 0.3) is 0 Å². The Balaban J connectivity index is 1.47. The minimum absolute atomic E-state index is 0.0156. The highest BCUT2D eigenvalue weighted by molar-refractivity contribution is 5.89. The number of ether oxygens (including phenoxy) is 2. The van der Waals surface area contributed by atoms with E-state index in [1.807, 2.05) is 42.5 Å². The summed E-state index contributed by atoms with van der Waals surface area (Å²) in [6.07, 6.45) is 2.61. The van der Waals surface area contributed by atoms with E-state index in [-0.39, 0.29) is 18.0 Å². The fourth-order valence-electron chi connectivity index (χ4n) is 3.80. The van der Waals surface area contributed by atoms with Gasteiger partial charge in [-0.3, -0.25) is 9.88 Å². The summed E-state index contributed by atoms with van der Waals surface area (Å²) in [5.74, 6) is 0.844. The molecule has 28 heavy (non-hydrogen) atoms. The second-order valence-electron chi connectivity index (χ2n) is 7.28. The molecule has 1 aromatic carbocycles. The fraction of sp³-hybridized carbons (Fsp3) is 0.429. The minimum Gasteiger partial charge on any atom is -0.495 e. The van der Waals surface area contributed by atoms with Gasteiger partial charge in [0.15, 0.2) is 0 Å². The first-order valence-corrected chi connectivity index (χ1v) is 9.67. The molecule has 2 fully saturated rings. The number of methoxy groups -OCH3 is 1. The maximum Gasteiger partial charge on any atom is 0.319 e. The van der Waals surface area contributed by atoms with Crippen LogP contribution in [0.25, 0.3) is 0 Å². The molecule has 0 unspecified atom stereocenters. The number of piperidine rings is 1. The monoisotopic (exact) mass is 382 g/mol. The van der Waals surface area contributed by atoms with E-state index >= 15 is 0 Å². The van der Waals surface area contributed by atoms with Crippen molar-refractivity contribution in [3.05, 3.63) is 54.4 Å². The maximum absolute atomic E-state index is 12.5. The average Bonchev–Trinajstić information content (AvgIpc) is 2.68. The van der Waals surface area contributed by atoms with Crippen molar-refractivity contribution in [2.75, 3.05) is 38.7 Å². The lowest BCUT2D eigenvalue weighted by atomic mass is 9.88. The summed E-state index contributed by atoms with van der Waals surface area (Å²) < 4.78 is 10.6. The second-order valence-corrected chi connectivity index (χ2v) is 7.28. The molecule has 2 amide bonds. The van der Waals surface area contributed by atoms with E-state index < -0.39 is 0 Å². The molecule has 2 aromatic rings. The summed E-state index contributed by atoms with van der Waals surface area (Å²) in [6, 6.07) is 13.7. The number of amides is 2. The smallest absolute Gasteiger partial charge is 0.319 e. The Morgan fingerprint density at radius 3 is 2.68 bits per heavy atom. The Morgan fingerprint density at radius 1 is 1.21 bits per heavy atom. The number of carbonyl (C=O) groups is 1. The predicted molar refractivity (Wildman–Crippen MR) is 107 cm³/mol. The fourth-order valence-corrected chi connectivity index (χ4v) is 3.80. The zero-order valence-electron chi connectivity index (χ0n) is 16.0. The first-order chi connectivity index (χ1) is 13.7. The van der Waals surface area contributed by atoms with Gasteiger partial charge in [-0.15, -0.1) is 0 Å². The second kappa shape index (κ2) is 8.58. The number of pyridine rings is 1. The Bertz CT molecular complexity index is 780. The van der Waals surface area contributed by atoms with Crippen molar-refractivity contribution in [1.29, 1.82) is 0 Å². The average molecular weight is 382 g/mol. The van der Waals surface area contributed by atoms with Crippen LogP contribution in [0.5, 0.6) is 5.75 Å². The molecule has 4 rings (SSSR count). The highest BCUT2D eigenvalue weighted by Gasteiger charge is 2.37. The van der Waals surface area contributed by atoms with E-state index in [1.54, 1.807) is 13.3 Å². The lowest BCUT2D eigenvalue weighted by molar-refractivity contribution is -0.0744. The number of nitrogens with zero attached hydrogens (tertiary/aromatic N) is 2. The summed E-state index contributed by atoms with van der Waals surface area (Å²) in [5, 5.41) is 6.07. The molecule has 7 nitrogen and oxygen atoms in total. The summed E-state index contributed by atoms with van der Waals surface area (Å²) in [4.78, 5) is 19.6. The number of nitrogens with one attached hydrogen (secondary N) is 2. The molecule has 2 atom stereocenters. The van der Waals surface area contributed by atoms with Crippen LogP contribution in [-0.2, 0) is 4.74 Å². The molecule has 148 valence electrons. The van der Waals surface area contributed by atoms with Gasteiger partial charge in [0.1, 0.15) is 5.75 Å². The number of aromatic nitrogens is 1. The van der Waals surface area contributed by atoms with Gasteiger partial charge in [0.05, 0.1) is 32.6 Å². The van der Waals surface area contributed by atoms with Crippen LogP contribution in [0, 0.1) is 0 Å². The molecule has 2 N–H and O–H groups in total. The van der Waals surface area contributed by atoms with Gasteiger partial charge in [-0.05, 0) is 30.7 Å². The van der Waals surface area contributed by atoms with E-state index in [1.165, 1.54) is 0 Å². The standard InChI is InChI=1S/C21H26N4O3/c1-27-17-7-8-19(22-11-17)18-12-25(16-13-28-14-16)10-9-20(18)24-21(26)23-15-5-3-2-4-6-15/h2-8,11,16,18,20H,9-10,12-14H2,1H3,(H2,23,24,26)/t18-,20+/m0/s1. The van der Waals surface area contributed by atoms with Crippen LogP contribution in [-0.4, -0.2) is 61.4 Å². The van der Waals surface area contributed by atoms with Crippen LogP contribution in [0.3, 0.4) is 0 Å². The highest BCUT2D eigenvalue weighted by Crippen LogP contribution is 2.29. The maximum atomic E-state index is 12.5. The van der Waals surface area contributed by atoms with Crippen LogP contribution in [0.15, 0.2) is 48.7 Å². The quantitative estimate of drug-likeness (QED) is 0.831. The van der Waals surface area contributed by atoms with Gasteiger partial charge in [-0.1, -0.05) is 18.2 Å². The van der Waals surface area contributed by atoms with Crippen molar-refractivity contribution in [1.82, 2.24) is 15.2 Å². The van der Waals surface area contributed by atoms with E-state index in [0.717, 1.165) is 49.9 Å². The topological polar surface area (TPSA) is 75.7 Å². The number of hydrogen-bond acceptors (Lipinski definition) is 5. The molecule has 0 saturated carbocycles. The van der Waals surface area contributed by atoms with Crippen LogP contribution in [0.4, 0.5) is 10.5 Å². The molecular formula is C21H26N4O3. The van der Waals surface area contributed by atoms with Crippen molar-refractivity contribution < 1.29 is 14.3 Å². The SMILES string of the molecule is COc1ccc([C@@H]2CN(C3COC3)CC[C@H]2NC(=O)Nc2ccccc2)nc1. The van der Waals surface area contributed by atoms with Crippen LogP contribution >= 0.6 is 0 Å². The van der Waals surface area contributed by atoms with Crippen LogP contribution in [0.2, 0.25) is 0 Å². The molecule has 2 saturated heterocycles. The lowest BCUT2D eigenvalue weighted by Crippen LogP contribution is -2.57. The number of anilines is 1. The number of hydrogen-bond donors (Lipinski definition) is 2. The Labute approximate surface area is 165 Å². The number of benzene rings is 1. The van der Waals surface area contributed by atoms with Gasteiger partial charge in [0, 0.05) is 36.4 Å². The summed E-state index contributed by atoms with van der Waals surface area (Å²) in [7, 11) is 1.63. The van der Waals surface area contributed by atoms with Gasteiger partial charge in [-0.25, -0.2) is 4.79 Å². The van der Waals surface area contributed by atoms with E-state index in [4.69, 9.17) is 9.47 Å². The molecule has 0 aliphatic carbocycles. The third-order valence-electron chi connectivity index (χ3n) is 5.50. The number of likely N-dealkylation sites (tertiary alicyclic amines) is 1. The summed E-state index contributed by atoms with van der Waals surface area (Å²) >= 11 is 0. The highest BCUT2D eigenvalue weighted by atomic mass is 16.5. The van der Waals surface area contributed by atoms with E-state index in [9.17, 15) is 4.79 Å². The molecule has 0 radical (unpaired) electrons. The molecule has 2 aliphatic rings.